The van der Waals surface area contributed by atoms with Gasteiger partial charge in [-0.1, -0.05) is 0 Å². The Balaban J connectivity index is 2.38. The lowest BCUT2D eigenvalue weighted by atomic mass is 10.1. The average Bonchev–Trinajstić information content (AvgIpc) is 2.28. The third-order valence-electron chi connectivity index (χ3n) is 2.97. The zero-order valence-corrected chi connectivity index (χ0v) is 10.8. The van der Waals surface area contributed by atoms with Crippen molar-refractivity contribution in [1.82, 2.24) is 4.31 Å². The number of hydrogen-bond acceptors (Lipinski definition) is 3. The molecular weight excluding hydrogens is 257 g/mol. The summed E-state index contributed by atoms with van der Waals surface area (Å²) in [6, 6.07) is 3.55. The molecule has 0 spiro atoms. The van der Waals surface area contributed by atoms with E-state index in [1.165, 1.54) is 16.4 Å². The number of rotatable bonds is 2. The third-order valence-corrected chi connectivity index (χ3v) is 4.98. The van der Waals surface area contributed by atoms with Gasteiger partial charge in [-0.25, -0.2) is 12.8 Å². The minimum Gasteiger partial charge on any atom is -0.298 e. The molecule has 1 aromatic rings. The summed E-state index contributed by atoms with van der Waals surface area (Å²) in [4.78, 5) is 11.4. The van der Waals surface area contributed by atoms with E-state index in [9.17, 15) is 17.6 Å². The molecule has 98 valence electrons. The number of piperidine rings is 1. The van der Waals surface area contributed by atoms with E-state index in [2.05, 4.69) is 0 Å². The summed E-state index contributed by atoms with van der Waals surface area (Å²) in [5.74, 6) is -0.550. The van der Waals surface area contributed by atoms with Crippen LogP contribution in [0.5, 0.6) is 0 Å². The molecule has 1 aromatic carbocycles. The molecule has 0 amide bonds. The lowest BCUT2D eigenvalue weighted by molar-refractivity contribution is -0.120. The summed E-state index contributed by atoms with van der Waals surface area (Å²) < 4.78 is 38.8. The first-order valence-corrected chi connectivity index (χ1v) is 7.13. The van der Waals surface area contributed by atoms with Crippen molar-refractivity contribution < 1.29 is 17.6 Å². The number of nitrogens with zero attached hydrogens (tertiary/aromatic N) is 1. The molecule has 2 rings (SSSR count). The zero-order chi connectivity index (χ0) is 13.3. The van der Waals surface area contributed by atoms with Crippen LogP contribution in [-0.4, -0.2) is 31.6 Å². The Morgan fingerprint density at radius 1 is 1.33 bits per heavy atom. The number of sulfonamides is 1. The van der Waals surface area contributed by atoms with E-state index < -0.39 is 15.8 Å². The molecule has 0 saturated carbocycles. The van der Waals surface area contributed by atoms with Gasteiger partial charge in [0.05, 0.1) is 11.4 Å². The molecule has 0 aromatic heterocycles. The molecule has 1 aliphatic heterocycles. The largest absolute Gasteiger partial charge is 0.298 e. The number of ketones is 1. The SMILES string of the molecule is Cc1cc(F)ccc1S(=O)(=O)N1CCCC(=O)C1. The van der Waals surface area contributed by atoms with Gasteiger partial charge in [0.1, 0.15) is 11.6 Å². The van der Waals surface area contributed by atoms with Crippen molar-refractivity contribution in [2.45, 2.75) is 24.7 Å². The van der Waals surface area contributed by atoms with Crippen molar-refractivity contribution in [2.24, 2.45) is 0 Å². The topological polar surface area (TPSA) is 54.5 Å². The molecule has 4 nitrogen and oxygen atoms in total. The lowest BCUT2D eigenvalue weighted by Gasteiger charge is -2.25. The second kappa shape index (κ2) is 4.78. The second-order valence-corrected chi connectivity index (χ2v) is 6.30. The van der Waals surface area contributed by atoms with Crippen molar-refractivity contribution in [2.75, 3.05) is 13.1 Å². The highest BCUT2D eigenvalue weighted by Crippen LogP contribution is 2.22. The Hall–Kier alpha value is -1.27. The highest BCUT2D eigenvalue weighted by Gasteiger charge is 2.30. The van der Waals surface area contributed by atoms with Crippen LogP contribution in [0.15, 0.2) is 23.1 Å². The fourth-order valence-electron chi connectivity index (χ4n) is 2.05. The van der Waals surface area contributed by atoms with Gasteiger partial charge in [0, 0.05) is 13.0 Å². The van der Waals surface area contributed by atoms with Crippen LogP contribution >= 0.6 is 0 Å². The van der Waals surface area contributed by atoms with E-state index in [1.807, 2.05) is 0 Å². The van der Waals surface area contributed by atoms with Crippen LogP contribution in [0.25, 0.3) is 0 Å². The molecule has 1 heterocycles. The third kappa shape index (κ3) is 2.44. The van der Waals surface area contributed by atoms with E-state index in [0.717, 1.165) is 6.07 Å². The second-order valence-electron chi connectivity index (χ2n) is 4.39. The highest BCUT2D eigenvalue weighted by molar-refractivity contribution is 7.89. The van der Waals surface area contributed by atoms with Gasteiger partial charge in [0.2, 0.25) is 10.0 Å². The minimum absolute atomic E-state index is 0.0681. The Kier molecular flexibility index (Phi) is 3.49. The quantitative estimate of drug-likeness (QED) is 0.819. The normalized spacial score (nSPS) is 18.0. The van der Waals surface area contributed by atoms with E-state index in [4.69, 9.17) is 0 Å². The average molecular weight is 271 g/mol. The number of Topliss-reactive ketones (excluding diaryl/α,β-unsaturated/α-hetero) is 1. The lowest BCUT2D eigenvalue weighted by Crippen LogP contribution is -2.40. The molecule has 0 aliphatic carbocycles. The van der Waals surface area contributed by atoms with Gasteiger partial charge >= 0.3 is 0 Å². The first kappa shape index (κ1) is 13.2. The Morgan fingerprint density at radius 3 is 2.67 bits per heavy atom. The smallest absolute Gasteiger partial charge is 0.243 e. The molecule has 0 radical (unpaired) electrons. The molecule has 0 unspecified atom stereocenters. The summed E-state index contributed by atoms with van der Waals surface area (Å²) in [6.07, 6.45) is 0.965. The summed E-state index contributed by atoms with van der Waals surface area (Å²) in [6.45, 7) is 1.80. The van der Waals surface area contributed by atoms with Crippen molar-refractivity contribution in [3.05, 3.63) is 29.6 Å². The Morgan fingerprint density at radius 2 is 2.06 bits per heavy atom. The van der Waals surface area contributed by atoms with Crippen LogP contribution in [-0.2, 0) is 14.8 Å². The monoisotopic (exact) mass is 271 g/mol. The molecule has 1 fully saturated rings. The summed E-state index contributed by atoms with van der Waals surface area (Å²) in [5.41, 5.74) is 0.355. The van der Waals surface area contributed by atoms with Crippen molar-refractivity contribution >= 4 is 15.8 Å². The van der Waals surface area contributed by atoms with E-state index in [0.29, 0.717) is 24.9 Å². The van der Waals surface area contributed by atoms with E-state index in [-0.39, 0.29) is 17.2 Å². The number of aryl methyl sites for hydroxylation is 1. The predicted molar refractivity (Wildman–Crippen MR) is 64.1 cm³/mol. The minimum atomic E-state index is -3.70. The molecule has 1 aliphatic rings. The van der Waals surface area contributed by atoms with Gasteiger partial charge in [0.25, 0.3) is 0 Å². The first-order valence-electron chi connectivity index (χ1n) is 5.69. The number of carbonyl (C=O) groups excluding carboxylic acids is 1. The standard InChI is InChI=1S/C12H14FNO3S/c1-9-7-10(13)4-5-12(9)18(16,17)14-6-2-3-11(15)8-14/h4-5,7H,2-3,6,8H2,1H3. The summed E-state index contributed by atoms with van der Waals surface area (Å²) >= 11 is 0. The molecule has 18 heavy (non-hydrogen) atoms. The van der Waals surface area contributed by atoms with Crippen LogP contribution in [0.3, 0.4) is 0 Å². The summed E-state index contributed by atoms with van der Waals surface area (Å²) in [7, 11) is -3.70. The van der Waals surface area contributed by atoms with Crippen LogP contribution in [0.1, 0.15) is 18.4 Å². The van der Waals surface area contributed by atoms with Gasteiger partial charge in [0.15, 0.2) is 0 Å². The molecule has 0 bridgehead atoms. The molecule has 0 N–H and O–H groups in total. The number of hydrogen-bond donors (Lipinski definition) is 0. The maximum absolute atomic E-state index is 13.0. The van der Waals surface area contributed by atoms with Gasteiger partial charge in [-0.2, -0.15) is 4.31 Å². The Labute approximate surface area is 105 Å². The maximum atomic E-state index is 13.0. The van der Waals surface area contributed by atoms with Gasteiger partial charge < -0.3 is 0 Å². The van der Waals surface area contributed by atoms with Gasteiger partial charge in [-0.15, -0.1) is 0 Å². The molecule has 6 heteroatoms. The van der Waals surface area contributed by atoms with Gasteiger partial charge in [-0.05, 0) is 37.1 Å². The number of halogens is 1. The predicted octanol–water partition coefficient (Wildman–Crippen LogP) is 1.49. The van der Waals surface area contributed by atoms with Crippen molar-refractivity contribution in [1.29, 1.82) is 0 Å². The fraction of sp³-hybridized carbons (Fsp3) is 0.417. The van der Waals surface area contributed by atoms with Crippen molar-refractivity contribution in [3.63, 3.8) is 0 Å². The molecule has 0 atom stereocenters. The number of carbonyl (C=O) groups is 1. The molecular formula is C12H14FNO3S. The van der Waals surface area contributed by atoms with Gasteiger partial charge in [-0.3, -0.25) is 4.79 Å². The zero-order valence-electron chi connectivity index (χ0n) is 10.0. The molecule has 1 saturated heterocycles. The van der Waals surface area contributed by atoms with Crippen LogP contribution in [0, 0.1) is 12.7 Å². The number of benzene rings is 1. The van der Waals surface area contributed by atoms with Crippen LogP contribution in [0.4, 0.5) is 4.39 Å². The fourth-order valence-corrected chi connectivity index (χ4v) is 3.72. The highest BCUT2D eigenvalue weighted by atomic mass is 32.2. The van der Waals surface area contributed by atoms with Crippen molar-refractivity contribution in [3.8, 4) is 0 Å². The van der Waals surface area contributed by atoms with Crippen LogP contribution in [0.2, 0.25) is 0 Å². The first-order chi connectivity index (χ1) is 8.41. The summed E-state index contributed by atoms with van der Waals surface area (Å²) in [5, 5.41) is 0. The maximum Gasteiger partial charge on any atom is 0.243 e. The van der Waals surface area contributed by atoms with E-state index in [1.54, 1.807) is 6.92 Å². The van der Waals surface area contributed by atoms with Crippen LogP contribution < -0.4 is 0 Å². The van der Waals surface area contributed by atoms with E-state index >= 15 is 0 Å². The Bertz CT molecular complexity index is 583.